The number of nitrogens with zero attached hydrogens (tertiary/aromatic N) is 1. The van der Waals surface area contributed by atoms with Crippen LogP contribution in [0, 0.1) is 5.82 Å². The Morgan fingerprint density at radius 3 is 2.38 bits per heavy atom. The Bertz CT molecular complexity index is 408. The summed E-state index contributed by atoms with van der Waals surface area (Å²) in [6, 6.07) is 2.34. The zero-order valence-corrected chi connectivity index (χ0v) is 8.05. The van der Waals surface area contributed by atoms with Gasteiger partial charge in [-0.05, 0) is 17.7 Å². The first-order chi connectivity index (χ1) is 7.30. The molecule has 3 nitrogen and oxygen atoms in total. The van der Waals surface area contributed by atoms with E-state index in [2.05, 4.69) is 4.99 Å². The molecule has 88 valence electrons. The van der Waals surface area contributed by atoms with Crippen molar-refractivity contribution in [1.29, 1.82) is 0 Å². The maximum atomic E-state index is 12.7. The minimum absolute atomic E-state index is 0.178. The van der Waals surface area contributed by atoms with Crippen LogP contribution in [0.25, 0.3) is 0 Å². The molecule has 7 heteroatoms. The lowest BCUT2D eigenvalue weighted by Gasteiger charge is -2.11. The normalized spacial score (nSPS) is 11.2. The van der Waals surface area contributed by atoms with Gasteiger partial charge in [-0.15, -0.1) is 0 Å². The molecule has 0 aliphatic rings. The minimum Gasteiger partial charge on any atom is -0.370 e. The first-order valence-corrected chi connectivity index (χ1v) is 4.21. The van der Waals surface area contributed by atoms with Crippen molar-refractivity contribution in [3.63, 3.8) is 0 Å². The van der Waals surface area contributed by atoms with Crippen LogP contribution in [0.15, 0.2) is 23.2 Å². The molecule has 0 radical (unpaired) electrons. The first-order valence-electron chi connectivity index (χ1n) is 4.21. The summed E-state index contributed by atoms with van der Waals surface area (Å²) in [6.07, 6.45) is -4.63. The number of halogens is 4. The molecule has 0 aliphatic carbocycles. The Morgan fingerprint density at radius 2 is 1.88 bits per heavy atom. The molecule has 4 N–H and O–H groups in total. The Labute approximate surface area is 88.8 Å². The van der Waals surface area contributed by atoms with E-state index < -0.39 is 17.6 Å². The number of guanidine groups is 1. The van der Waals surface area contributed by atoms with Gasteiger partial charge >= 0.3 is 6.18 Å². The van der Waals surface area contributed by atoms with Gasteiger partial charge in [0, 0.05) is 0 Å². The van der Waals surface area contributed by atoms with E-state index >= 15 is 0 Å². The van der Waals surface area contributed by atoms with Gasteiger partial charge in [0.1, 0.15) is 5.82 Å². The van der Waals surface area contributed by atoms with Crippen LogP contribution < -0.4 is 11.5 Å². The minimum atomic E-state index is -4.63. The molecule has 16 heavy (non-hydrogen) atoms. The van der Waals surface area contributed by atoms with E-state index in [-0.39, 0.29) is 18.1 Å². The van der Waals surface area contributed by atoms with Crippen LogP contribution in [0.3, 0.4) is 0 Å². The fourth-order valence-corrected chi connectivity index (χ4v) is 1.13. The SMILES string of the molecule is NC(N)=NCc1ccc(F)cc1C(F)(F)F. The fourth-order valence-electron chi connectivity index (χ4n) is 1.13. The number of aliphatic imine (C=N–C) groups is 1. The second-order valence-electron chi connectivity index (χ2n) is 3.04. The molecule has 0 fully saturated rings. The Kier molecular flexibility index (Phi) is 3.36. The summed E-state index contributed by atoms with van der Waals surface area (Å²) in [5.41, 5.74) is 8.75. The van der Waals surface area contributed by atoms with Gasteiger partial charge in [-0.25, -0.2) is 9.38 Å². The molecule has 0 spiro atoms. The van der Waals surface area contributed by atoms with Gasteiger partial charge in [-0.3, -0.25) is 0 Å². The molecule has 0 atom stereocenters. The van der Waals surface area contributed by atoms with E-state index in [1.165, 1.54) is 0 Å². The molecule has 0 unspecified atom stereocenters. The van der Waals surface area contributed by atoms with Crippen molar-refractivity contribution in [3.8, 4) is 0 Å². The molecular formula is C9H9F4N3. The Balaban J connectivity index is 3.13. The number of benzene rings is 1. The van der Waals surface area contributed by atoms with Gasteiger partial charge in [0.2, 0.25) is 0 Å². The standard InChI is InChI=1S/C9H9F4N3/c10-6-2-1-5(4-16-8(14)15)7(3-6)9(11,12)13/h1-3H,4H2,(H4,14,15,16). The largest absolute Gasteiger partial charge is 0.416 e. The number of hydrogen-bond acceptors (Lipinski definition) is 1. The van der Waals surface area contributed by atoms with Crippen molar-refractivity contribution in [2.45, 2.75) is 12.7 Å². The number of alkyl halides is 3. The highest BCUT2D eigenvalue weighted by atomic mass is 19.4. The van der Waals surface area contributed by atoms with E-state index in [0.717, 1.165) is 12.1 Å². The van der Waals surface area contributed by atoms with Crippen LogP contribution >= 0.6 is 0 Å². The van der Waals surface area contributed by atoms with Crippen molar-refractivity contribution >= 4 is 5.96 Å². The second-order valence-corrected chi connectivity index (χ2v) is 3.04. The average molecular weight is 235 g/mol. The van der Waals surface area contributed by atoms with Crippen molar-refractivity contribution in [3.05, 3.63) is 35.1 Å². The van der Waals surface area contributed by atoms with Gasteiger partial charge in [0.15, 0.2) is 5.96 Å². The van der Waals surface area contributed by atoms with Gasteiger partial charge in [-0.2, -0.15) is 13.2 Å². The fraction of sp³-hybridized carbons (Fsp3) is 0.222. The topological polar surface area (TPSA) is 64.4 Å². The molecule has 0 heterocycles. The van der Waals surface area contributed by atoms with Crippen LogP contribution in [-0.4, -0.2) is 5.96 Å². The van der Waals surface area contributed by atoms with E-state index in [1.54, 1.807) is 0 Å². The van der Waals surface area contributed by atoms with Gasteiger partial charge < -0.3 is 11.5 Å². The summed E-state index contributed by atoms with van der Waals surface area (Å²) in [7, 11) is 0. The molecule has 0 bridgehead atoms. The third-order valence-corrected chi connectivity index (χ3v) is 1.81. The van der Waals surface area contributed by atoms with Crippen molar-refractivity contribution in [1.82, 2.24) is 0 Å². The smallest absolute Gasteiger partial charge is 0.370 e. The van der Waals surface area contributed by atoms with Crippen molar-refractivity contribution < 1.29 is 17.6 Å². The van der Waals surface area contributed by atoms with E-state index in [4.69, 9.17) is 11.5 Å². The lowest BCUT2D eigenvalue weighted by atomic mass is 10.1. The summed E-state index contributed by atoms with van der Waals surface area (Å²) in [5.74, 6) is -1.28. The van der Waals surface area contributed by atoms with Crippen LogP contribution in [0.5, 0.6) is 0 Å². The summed E-state index contributed by atoms with van der Waals surface area (Å²) in [6.45, 7) is -0.336. The van der Waals surface area contributed by atoms with Crippen LogP contribution in [0.2, 0.25) is 0 Å². The zero-order valence-electron chi connectivity index (χ0n) is 8.05. The molecule has 0 saturated carbocycles. The average Bonchev–Trinajstić information content (AvgIpc) is 2.14. The molecular weight excluding hydrogens is 226 g/mol. The lowest BCUT2D eigenvalue weighted by Crippen LogP contribution is -2.23. The molecule has 0 amide bonds. The summed E-state index contributed by atoms with van der Waals surface area (Å²) in [4.78, 5) is 3.45. The van der Waals surface area contributed by atoms with E-state index in [1.807, 2.05) is 0 Å². The highest BCUT2D eigenvalue weighted by Gasteiger charge is 2.33. The number of rotatable bonds is 2. The van der Waals surface area contributed by atoms with Crippen LogP contribution in [-0.2, 0) is 12.7 Å². The van der Waals surface area contributed by atoms with Crippen LogP contribution in [0.4, 0.5) is 17.6 Å². The monoisotopic (exact) mass is 235 g/mol. The summed E-state index contributed by atoms with van der Waals surface area (Å²) >= 11 is 0. The molecule has 1 rings (SSSR count). The predicted octanol–water partition coefficient (Wildman–Crippen LogP) is 1.62. The Hall–Kier alpha value is -1.79. The van der Waals surface area contributed by atoms with E-state index in [0.29, 0.717) is 6.07 Å². The van der Waals surface area contributed by atoms with Crippen molar-refractivity contribution in [2.24, 2.45) is 16.5 Å². The van der Waals surface area contributed by atoms with Crippen molar-refractivity contribution in [2.75, 3.05) is 0 Å². The summed E-state index contributed by atoms with van der Waals surface area (Å²) in [5, 5.41) is 0. The first kappa shape index (κ1) is 12.3. The van der Waals surface area contributed by atoms with Gasteiger partial charge in [0.05, 0.1) is 12.1 Å². The molecule has 0 aromatic heterocycles. The quantitative estimate of drug-likeness (QED) is 0.464. The Morgan fingerprint density at radius 1 is 1.25 bits per heavy atom. The highest BCUT2D eigenvalue weighted by molar-refractivity contribution is 5.75. The van der Waals surface area contributed by atoms with Gasteiger partial charge in [-0.1, -0.05) is 6.07 Å². The van der Waals surface area contributed by atoms with E-state index in [9.17, 15) is 17.6 Å². The third-order valence-electron chi connectivity index (χ3n) is 1.81. The maximum absolute atomic E-state index is 12.7. The third kappa shape index (κ3) is 3.11. The summed E-state index contributed by atoms with van der Waals surface area (Å²) < 4.78 is 50.1. The highest BCUT2D eigenvalue weighted by Crippen LogP contribution is 2.32. The molecule has 0 aliphatic heterocycles. The number of hydrogen-bond donors (Lipinski definition) is 2. The molecule has 1 aromatic carbocycles. The molecule has 1 aromatic rings. The van der Waals surface area contributed by atoms with Crippen LogP contribution in [0.1, 0.15) is 11.1 Å². The predicted molar refractivity (Wildman–Crippen MR) is 50.9 cm³/mol. The zero-order chi connectivity index (χ0) is 12.3. The maximum Gasteiger partial charge on any atom is 0.416 e. The number of nitrogens with two attached hydrogens (primary N) is 2. The van der Waals surface area contributed by atoms with Gasteiger partial charge in [0.25, 0.3) is 0 Å². The molecule has 0 saturated heterocycles. The second kappa shape index (κ2) is 4.38. The lowest BCUT2D eigenvalue weighted by molar-refractivity contribution is -0.138.